The minimum atomic E-state index is -1.01. The van der Waals surface area contributed by atoms with Crippen LogP contribution in [0.2, 0.25) is 0 Å². The predicted molar refractivity (Wildman–Crippen MR) is 105 cm³/mol. The van der Waals surface area contributed by atoms with Crippen molar-refractivity contribution in [1.29, 1.82) is 0 Å². The van der Waals surface area contributed by atoms with E-state index in [9.17, 15) is 14.4 Å². The zero-order valence-corrected chi connectivity index (χ0v) is 15.2. The summed E-state index contributed by atoms with van der Waals surface area (Å²) in [4.78, 5) is 36.8. The molecule has 0 fully saturated rings. The van der Waals surface area contributed by atoms with Gasteiger partial charge in [0.15, 0.2) is 6.10 Å². The number of para-hydroxylation sites is 1. The molecular formula is C20H20N4O4. The van der Waals surface area contributed by atoms with Crippen LogP contribution in [0.15, 0.2) is 65.5 Å². The van der Waals surface area contributed by atoms with Crippen molar-refractivity contribution < 1.29 is 14.3 Å². The maximum absolute atomic E-state index is 12.5. The van der Waals surface area contributed by atoms with Gasteiger partial charge in [0, 0.05) is 11.8 Å². The number of aromatic nitrogens is 2. The van der Waals surface area contributed by atoms with E-state index in [-0.39, 0.29) is 17.8 Å². The molecule has 1 aromatic heterocycles. The third kappa shape index (κ3) is 4.29. The molecule has 0 aliphatic rings. The second-order valence-corrected chi connectivity index (χ2v) is 6.09. The maximum Gasteiger partial charge on any atom is 0.338 e. The fraction of sp³-hybridized carbons (Fsp3) is 0.150. The maximum atomic E-state index is 12.5. The highest BCUT2D eigenvalue weighted by Gasteiger charge is 2.23. The number of rotatable bonds is 6. The number of hydrogen-bond donors (Lipinski definition) is 3. The Morgan fingerprint density at radius 3 is 2.46 bits per heavy atom. The molecule has 8 nitrogen and oxygen atoms in total. The molecule has 8 heteroatoms. The van der Waals surface area contributed by atoms with E-state index in [4.69, 9.17) is 10.5 Å². The molecule has 144 valence electrons. The average molecular weight is 380 g/mol. The van der Waals surface area contributed by atoms with Crippen molar-refractivity contribution in [2.24, 2.45) is 0 Å². The van der Waals surface area contributed by atoms with Crippen molar-refractivity contribution in [2.75, 3.05) is 11.1 Å². The van der Waals surface area contributed by atoms with Crippen LogP contribution in [0.4, 0.5) is 11.5 Å². The van der Waals surface area contributed by atoms with Gasteiger partial charge in [-0.2, -0.15) is 0 Å². The Hall–Kier alpha value is -3.81. The van der Waals surface area contributed by atoms with E-state index in [1.807, 2.05) is 6.07 Å². The number of carbonyl (C=O) groups excluding carboxylic acids is 2. The van der Waals surface area contributed by atoms with Crippen molar-refractivity contribution in [1.82, 2.24) is 9.78 Å². The van der Waals surface area contributed by atoms with Crippen LogP contribution in [0.1, 0.15) is 23.7 Å². The molecule has 3 aromatic rings. The Morgan fingerprint density at radius 1 is 1.14 bits per heavy atom. The highest BCUT2D eigenvalue weighted by Crippen LogP contribution is 2.12. The van der Waals surface area contributed by atoms with Gasteiger partial charge in [-0.05, 0) is 42.8 Å². The summed E-state index contributed by atoms with van der Waals surface area (Å²) in [5.41, 5.74) is 6.72. The molecule has 4 N–H and O–H groups in total. The lowest BCUT2D eigenvalue weighted by Gasteiger charge is -2.15. The largest absolute Gasteiger partial charge is 0.449 e. The molecule has 0 aliphatic carbocycles. The second kappa shape index (κ2) is 8.26. The Kier molecular flexibility index (Phi) is 5.59. The summed E-state index contributed by atoms with van der Waals surface area (Å²) in [5, 5.41) is 5.39. The zero-order valence-electron chi connectivity index (χ0n) is 15.2. The van der Waals surface area contributed by atoms with Gasteiger partial charge in [-0.15, -0.1) is 0 Å². The highest BCUT2D eigenvalue weighted by molar-refractivity contribution is 5.97. The van der Waals surface area contributed by atoms with Crippen LogP contribution >= 0.6 is 0 Å². The number of benzene rings is 2. The molecule has 0 bridgehead atoms. The average Bonchev–Trinajstić information content (AvgIpc) is 3.07. The number of ether oxygens (including phenoxy) is 1. The van der Waals surface area contributed by atoms with Crippen molar-refractivity contribution >= 4 is 23.4 Å². The number of hydrogen-bond acceptors (Lipinski definition) is 5. The van der Waals surface area contributed by atoms with Gasteiger partial charge in [0.25, 0.3) is 11.5 Å². The quantitative estimate of drug-likeness (QED) is 0.448. The van der Waals surface area contributed by atoms with Gasteiger partial charge in [0.1, 0.15) is 5.82 Å². The first-order valence-corrected chi connectivity index (χ1v) is 8.73. The second-order valence-electron chi connectivity index (χ2n) is 6.09. The SMILES string of the molecule is CCC(OC(=O)c1ccc(N)cc1)C(=O)Nc1cc(=O)n(-c2ccccc2)[nH]1. The molecule has 0 spiro atoms. The molecule has 3 rings (SSSR count). The first kappa shape index (κ1) is 19.0. The molecule has 1 atom stereocenters. The van der Waals surface area contributed by atoms with E-state index in [0.717, 1.165) is 0 Å². The van der Waals surface area contributed by atoms with Crippen molar-refractivity contribution in [3.05, 3.63) is 76.6 Å². The number of carbonyl (C=O) groups is 2. The summed E-state index contributed by atoms with van der Waals surface area (Å²) in [7, 11) is 0. The Balaban J connectivity index is 1.70. The van der Waals surface area contributed by atoms with Gasteiger partial charge in [-0.25, -0.2) is 9.48 Å². The lowest BCUT2D eigenvalue weighted by Crippen LogP contribution is -2.32. The van der Waals surface area contributed by atoms with Crippen molar-refractivity contribution in [3.63, 3.8) is 0 Å². The number of H-pyrrole nitrogens is 1. The molecule has 1 heterocycles. The summed E-state index contributed by atoms with van der Waals surface area (Å²) in [6.07, 6.45) is -0.732. The fourth-order valence-corrected chi connectivity index (χ4v) is 2.58. The van der Waals surface area contributed by atoms with Crippen LogP contribution in [-0.4, -0.2) is 27.8 Å². The van der Waals surface area contributed by atoms with Crippen molar-refractivity contribution in [2.45, 2.75) is 19.4 Å². The van der Waals surface area contributed by atoms with Gasteiger partial charge in [0.2, 0.25) is 0 Å². The number of esters is 1. The van der Waals surface area contributed by atoms with Crippen LogP contribution in [-0.2, 0) is 9.53 Å². The predicted octanol–water partition coefficient (Wildman–Crippen LogP) is 2.32. The summed E-state index contributed by atoms with van der Waals surface area (Å²) in [6, 6.07) is 16.4. The first-order valence-electron chi connectivity index (χ1n) is 8.73. The first-order chi connectivity index (χ1) is 13.5. The molecule has 1 amide bonds. The third-order valence-corrected chi connectivity index (χ3v) is 4.05. The summed E-state index contributed by atoms with van der Waals surface area (Å²) in [5.74, 6) is -0.953. The van der Waals surface area contributed by atoms with E-state index < -0.39 is 18.0 Å². The molecule has 0 saturated heterocycles. The summed E-state index contributed by atoms with van der Waals surface area (Å²) < 4.78 is 6.59. The van der Waals surface area contributed by atoms with Gasteiger partial charge in [0.05, 0.1) is 11.3 Å². The van der Waals surface area contributed by atoms with Crippen LogP contribution in [0.25, 0.3) is 5.69 Å². The molecule has 28 heavy (non-hydrogen) atoms. The van der Waals surface area contributed by atoms with Gasteiger partial charge < -0.3 is 15.8 Å². The monoisotopic (exact) mass is 380 g/mol. The molecule has 0 saturated carbocycles. The minimum absolute atomic E-state index is 0.209. The number of nitrogens with one attached hydrogen (secondary N) is 2. The summed E-state index contributed by atoms with van der Waals surface area (Å²) >= 11 is 0. The van der Waals surface area contributed by atoms with E-state index in [2.05, 4.69) is 10.4 Å². The molecular weight excluding hydrogens is 360 g/mol. The number of nitrogens with two attached hydrogens (primary N) is 1. The van der Waals surface area contributed by atoms with Crippen LogP contribution in [0.3, 0.4) is 0 Å². The topological polar surface area (TPSA) is 119 Å². The van der Waals surface area contributed by atoms with Gasteiger partial charge in [-0.3, -0.25) is 14.7 Å². The van der Waals surface area contributed by atoms with E-state index in [0.29, 0.717) is 16.9 Å². The number of aromatic amines is 1. The fourth-order valence-electron chi connectivity index (χ4n) is 2.58. The highest BCUT2D eigenvalue weighted by atomic mass is 16.5. The van der Waals surface area contributed by atoms with Crippen LogP contribution in [0, 0.1) is 0 Å². The van der Waals surface area contributed by atoms with Crippen LogP contribution in [0.5, 0.6) is 0 Å². The van der Waals surface area contributed by atoms with Crippen molar-refractivity contribution in [3.8, 4) is 5.69 Å². The normalized spacial score (nSPS) is 11.6. The third-order valence-electron chi connectivity index (χ3n) is 4.05. The zero-order chi connectivity index (χ0) is 20.1. The van der Waals surface area contributed by atoms with Gasteiger partial charge >= 0.3 is 5.97 Å². The summed E-state index contributed by atoms with van der Waals surface area (Å²) in [6.45, 7) is 1.72. The number of nitrogens with zero attached hydrogens (tertiary/aromatic N) is 1. The smallest absolute Gasteiger partial charge is 0.338 e. The Morgan fingerprint density at radius 2 is 1.82 bits per heavy atom. The van der Waals surface area contributed by atoms with Crippen LogP contribution < -0.4 is 16.6 Å². The lowest BCUT2D eigenvalue weighted by atomic mass is 10.2. The number of anilines is 2. The molecule has 0 radical (unpaired) electrons. The van der Waals surface area contributed by atoms with E-state index >= 15 is 0 Å². The van der Waals surface area contributed by atoms with Gasteiger partial charge in [-0.1, -0.05) is 25.1 Å². The standard InChI is InChI=1S/C20H20N4O4/c1-2-16(28-20(27)13-8-10-14(21)11-9-13)19(26)22-17-12-18(25)24(23-17)15-6-4-3-5-7-15/h3-12,16,23H,2,21H2,1H3,(H,22,26). The minimum Gasteiger partial charge on any atom is -0.449 e. The van der Waals surface area contributed by atoms with E-state index in [1.165, 1.54) is 22.9 Å². The lowest BCUT2D eigenvalue weighted by molar-refractivity contribution is -0.124. The number of nitrogen functional groups attached to an aromatic ring is 1. The Bertz CT molecular complexity index is 1020. The molecule has 0 aliphatic heterocycles. The molecule has 1 unspecified atom stereocenters. The van der Waals surface area contributed by atoms with E-state index in [1.54, 1.807) is 43.3 Å². The number of amides is 1. The Labute approximate surface area is 160 Å². The molecule has 2 aromatic carbocycles.